The van der Waals surface area contributed by atoms with Crippen molar-refractivity contribution in [3.8, 4) is 16.9 Å². The minimum absolute atomic E-state index is 0. The van der Waals surface area contributed by atoms with Gasteiger partial charge in [-0.05, 0) is 30.4 Å². The second kappa shape index (κ2) is 10.9. The van der Waals surface area contributed by atoms with Crippen LogP contribution < -0.4 is 15.8 Å². The highest BCUT2D eigenvalue weighted by atomic mass is 35.5. The van der Waals surface area contributed by atoms with E-state index >= 15 is 0 Å². The van der Waals surface area contributed by atoms with Crippen molar-refractivity contribution in [2.75, 3.05) is 26.4 Å². The van der Waals surface area contributed by atoms with Gasteiger partial charge in [-0.1, -0.05) is 48.5 Å². The average Bonchev–Trinajstić information content (AvgIpc) is 2.72. The number of ether oxygens (including phenoxy) is 2. The van der Waals surface area contributed by atoms with Crippen LogP contribution in [0.15, 0.2) is 54.6 Å². The van der Waals surface area contributed by atoms with Gasteiger partial charge in [-0.25, -0.2) is 0 Å². The normalized spacial score (nSPS) is 15.4. The number of para-hydroxylation sites is 1. The lowest BCUT2D eigenvalue weighted by atomic mass is 9.92. The van der Waals surface area contributed by atoms with E-state index in [-0.39, 0.29) is 24.2 Å². The number of nitrogens with two attached hydrogens (primary N) is 1. The van der Waals surface area contributed by atoms with Crippen molar-refractivity contribution in [1.29, 1.82) is 0 Å². The van der Waals surface area contributed by atoms with Crippen molar-refractivity contribution in [3.05, 3.63) is 54.6 Å². The van der Waals surface area contributed by atoms with Crippen LogP contribution in [0.3, 0.4) is 0 Å². The fraction of sp³-hybridized carbons (Fsp3) is 0.381. The van der Waals surface area contributed by atoms with Gasteiger partial charge in [0.2, 0.25) is 5.91 Å². The van der Waals surface area contributed by atoms with E-state index in [0.29, 0.717) is 26.4 Å². The number of benzene rings is 2. The zero-order valence-corrected chi connectivity index (χ0v) is 16.1. The van der Waals surface area contributed by atoms with Gasteiger partial charge in [-0.15, -0.1) is 12.4 Å². The molecule has 1 amide bonds. The van der Waals surface area contributed by atoms with Crippen molar-refractivity contribution in [2.45, 2.75) is 18.9 Å². The predicted molar refractivity (Wildman–Crippen MR) is 109 cm³/mol. The van der Waals surface area contributed by atoms with Crippen LogP contribution in [0.2, 0.25) is 0 Å². The topological polar surface area (TPSA) is 73.6 Å². The molecule has 1 heterocycles. The number of amides is 1. The standard InChI is InChI=1S/C21H26N2O3.ClH/c22-20(17-10-13-25-14-11-17)21(24)23-12-15-26-19-9-5-4-8-18(19)16-6-2-1-3-7-16;/h1-9,17,20H,10-15,22H2,(H,23,24);1H. The summed E-state index contributed by atoms with van der Waals surface area (Å²) in [6.07, 6.45) is 1.69. The molecule has 0 saturated carbocycles. The summed E-state index contributed by atoms with van der Waals surface area (Å²) in [5, 5.41) is 2.88. The Morgan fingerprint density at radius 1 is 1.11 bits per heavy atom. The second-order valence-corrected chi connectivity index (χ2v) is 6.48. The maximum Gasteiger partial charge on any atom is 0.237 e. The number of rotatable bonds is 7. The monoisotopic (exact) mass is 390 g/mol. The molecule has 1 saturated heterocycles. The molecule has 0 aromatic heterocycles. The third-order valence-corrected chi connectivity index (χ3v) is 4.71. The molecule has 1 atom stereocenters. The molecule has 0 aliphatic carbocycles. The van der Waals surface area contributed by atoms with Gasteiger partial charge in [0, 0.05) is 18.8 Å². The summed E-state index contributed by atoms with van der Waals surface area (Å²) in [4.78, 5) is 12.2. The molecule has 1 unspecified atom stereocenters. The van der Waals surface area contributed by atoms with Crippen LogP contribution in [0.25, 0.3) is 11.1 Å². The molecule has 0 radical (unpaired) electrons. The summed E-state index contributed by atoms with van der Waals surface area (Å²) in [5.74, 6) is 0.891. The third-order valence-electron chi connectivity index (χ3n) is 4.71. The van der Waals surface area contributed by atoms with Gasteiger partial charge < -0.3 is 20.5 Å². The van der Waals surface area contributed by atoms with E-state index in [1.165, 1.54) is 0 Å². The molecule has 2 aromatic rings. The van der Waals surface area contributed by atoms with E-state index in [4.69, 9.17) is 15.2 Å². The first-order valence-electron chi connectivity index (χ1n) is 9.14. The Balaban J connectivity index is 0.00000261. The van der Waals surface area contributed by atoms with Gasteiger partial charge in [0.1, 0.15) is 12.4 Å². The Kier molecular flexibility index (Phi) is 8.58. The van der Waals surface area contributed by atoms with Crippen molar-refractivity contribution in [3.63, 3.8) is 0 Å². The van der Waals surface area contributed by atoms with Crippen LogP contribution in [0.1, 0.15) is 12.8 Å². The smallest absolute Gasteiger partial charge is 0.237 e. The van der Waals surface area contributed by atoms with E-state index in [2.05, 4.69) is 17.4 Å². The van der Waals surface area contributed by atoms with E-state index < -0.39 is 6.04 Å². The van der Waals surface area contributed by atoms with Crippen LogP contribution in [-0.4, -0.2) is 38.3 Å². The predicted octanol–water partition coefficient (Wildman–Crippen LogP) is 3.02. The van der Waals surface area contributed by atoms with Crippen LogP contribution >= 0.6 is 12.4 Å². The zero-order valence-electron chi connectivity index (χ0n) is 15.3. The number of nitrogens with one attached hydrogen (secondary N) is 1. The summed E-state index contributed by atoms with van der Waals surface area (Å²) in [6.45, 7) is 2.20. The largest absolute Gasteiger partial charge is 0.491 e. The molecule has 146 valence electrons. The first-order valence-corrected chi connectivity index (χ1v) is 9.14. The van der Waals surface area contributed by atoms with E-state index in [1.54, 1.807) is 0 Å². The summed E-state index contributed by atoms with van der Waals surface area (Å²) in [5.41, 5.74) is 8.22. The number of hydrogen-bond acceptors (Lipinski definition) is 4. The minimum Gasteiger partial charge on any atom is -0.491 e. The van der Waals surface area contributed by atoms with Crippen LogP contribution in [0.4, 0.5) is 0 Å². The molecular formula is C21H27ClN2O3. The van der Waals surface area contributed by atoms with E-state index in [9.17, 15) is 4.79 Å². The maximum atomic E-state index is 12.2. The highest BCUT2D eigenvalue weighted by Crippen LogP contribution is 2.29. The van der Waals surface area contributed by atoms with Gasteiger partial charge in [0.25, 0.3) is 0 Å². The summed E-state index contributed by atoms with van der Waals surface area (Å²) >= 11 is 0. The number of halogens is 1. The van der Waals surface area contributed by atoms with Crippen molar-refractivity contribution in [2.24, 2.45) is 11.7 Å². The Morgan fingerprint density at radius 3 is 2.52 bits per heavy atom. The zero-order chi connectivity index (χ0) is 18.2. The van der Waals surface area contributed by atoms with Gasteiger partial charge in [0.15, 0.2) is 0 Å². The molecule has 0 bridgehead atoms. The maximum absolute atomic E-state index is 12.2. The summed E-state index contributed by atoms with van der Waals surface area (Å²) < 4.78 is 11.2. The Bertz CT molecular complexity index is 706. The molecule has 1 aliphatic heterocycles. The third kappa shape index (κ3) is 5.96. The molecule has 1 aliphatic rings. The molecule has 1 fully saturated rings. The van der Waals surface area contributed by atoms with Crippen molar-refractivity contribution in [1.82, 2.24) is 5.32 Å². The molecule has 2 aromatic carbocycles. The summed E-state index contributed by atoms with van der Waals surface area (Å²) in [7, 11) is 0. The fourth-order valence-electron chi connectivity index (χ4n) is 3.19. The number of carbonyl (C=O) groups is 1. The van der Waals surface area contributed by atoms with Crippen molar-refractivity contribution < 1.29 is 14.3 Å². The number of hydrogen-bond donors (Lipinski definition) is 2. The highest BCUT2D eigenvalue weighted by molar-refractivity contribution is 5.85. The minimum atomic E-state index is -0.476. The van der Waals surface area contributed by atoms with Crippen LogP contribution in [0, 0.1) is 5.92 Å². The second-order valence-electron chi connectivity index (χ2n) is 6.48. The van der Waals surface area contributed by atoms with Crippen LogP contribution in [0.5, 0.6) is 5.75 Å². The molecule has 0 spiro atoms. The first-order chi connectivity index (χ1) is 12.8. The molecule has 6 heteroatoms. The van der Waals surface area contributed by atoms with Gasteiger partial charge in [-0.2, -0.15) is 0 Å². The van der Waals surface area contributed by atoms with Gasteiger partial charge >= 0.3 is 0 Å². The highest BCUT2D eigenvalue weighted by Gasteiger charge is 2.26. The van der Waals surface area contributed by atoms with E-state index in [1.807, 2.05) is 42.5 Å². The SMILES string of the molecule is Cl.NC(C(=O)NCCOc1ccccc1-c1ccccc1)C1CCOCC1. The van der Waals surface area contributed by atoms with Crippen molar-refractivity contribution >= 4 is 18.3 Å². The molecule has 3 rings (SSSR count). The molecule has 27 heavy (non-hydrogen) atoms. The van der Waals surface area contributed by atoms with E-state index in [0.717, 1.165) is 29.7 Å². The molecular weight excluding hydrogens is 364 g/mol. The quantitative estimate of drug-likeness (QED) is 0.713. The first kappa shape index (κ1) is 21.2. The molecule has 3 N–H and O–H groups in total. The number of carbonyl (C=O) groups excluding carboxylic acids is 1. The van der Waals surface area contributed by atoms with Gasteiger partial charge in [-0.3, -0.25) is 4.79 Å². The Labute approximate surface area is 166 Å². The lowest BCUT2D eigenvalue weighted by molar-refractivity contribution is -0.124. The Morgan fingerprint density at radius 2 is 1.78 bits per heavy atom. The Hall–Kier alpha value is -2.08. The lowest BCUT2D eigenvalue weighted by Gasteiger charge is -2.26. The lowest BCUT2D eigenvalue weighted by Crippen LogP contribution is -2.47. The van der Waals surface area contributed by atoms with Crippen LogP contribution in [-0.2, 0) is 9.53 Å². The van der Waals surface area contributed by atoms with Gasteiger partial charge in [0.05, 0.1) is 12.6 Å². The fourth-order valence-corrected chi connectivity index (χ4v) is 3.19. The average molecular weight is 391 g/mol. The molecule has 5 nitrogen and oxygen atoms in total. The summed E-state index contributed by atoms with van der Waals surface area (Å²) in [6, 6.07) is 17.5.